The van der Waals surface area contributed by atoms with Gasteiger partial charge in [-0.2, -0.15) is 0 Å². The van der Waals surface area contributed by atoms with Crippen molar-refractivity contribution in [3.8, 4) is 11.5 Å². The van der Waals surface area contributed by atoms with Gasteiger partial charge in [0.05, 0.1) is 12.3 Å². The number of rotatable bonds is 6. The van der Waals surface area contributed by atoms with E-state index in [2.05, 4.69) is 12.2 Å². The topological polar surface area (TPSA) is 67.9 Å². The molecule has 0 radical (unpaired) electrons. The van der Waals surface area contributed by atoms with Crippen LogP contribution in [0.2, 0.25) is 0 Å². The molecule has 2 aromatic rings. The zero-order chi connectivity index (χ0) is 19.2. The molecule has 6 heteroatoms. The first-order chi connectivity index (χ1) is 13.1. The molecule has 1 aliphatic rings. The quantitative estimate of drug-likeness (QED) is 0.796. The summed E-state index contributed by atoms with van der Waals surface area (Å²) in [5.74, 6) is 0.710. The molecule has 1 aliphatic heterocycles. The van der Waals surface area contributed by atoms with Crippen LogP contribution in [-0.2, 0) is 4.79 Å². The summed E-state index contributed by atoms with van der Waals surface area (Å²) >= 11 is 0. The lowest BCUT2D eigenvalue weighted by Gasteiger charge is -2.20. The van der Waals surface area contributed by atoms with E-state index in [-0.39, 0.29) is 18.4 Å². The van der Waals surface area contributed by atoms with E-state index < -0.39 is 6.04 Å². The molecule has 0 unspecified atom stereocenters. The SMILES string of the molecule is CCCCOc1cccc(C(=O)N[C@@H]2COc3ccccc3N(C)C2=O)c1. The van der Waals surface area contributed by atoms with E-state index in [9.17, 15) is 9.59 Å². The number of carbonyl (C=O) groups excluding carboxylic acids is 2. The maximum Gasteiger partial charge on any atom is 0.252 e. The van der Waals surface area contributed by atoms with Gasteiger partial charge in [-0.3, -0.25) is 9.59 Å². The van der Waals surface area contributed by atoms with E-state index in [0.717, 1.165) is 12.8 Å². The van der Waals surface area contributed by atoms with Crippen LogP contribution in [0.1, 0.15) is 30.1 Å². The van der Waals surface area contributed by atoms with Gasteiger partial charge in [0.2, 0.25) is 0 Å². The third kappa shape index (κ3) is 4.39. The fraction of sp³-hybridized carbons (Fsp3) is 0.333. The Morgan fingerprint density at radius 2 is 2.07 bits per heavy atom. The summed E-state index contributed by atoms with van der Waals surface area (Å²) in [4.78, 5) is 26.9. The van der Waals surface area contributed by atoms with E-state index in [1.165, 1.54) is 4.90 Å². The second-order valence-electron chi connectivity index (χ2n) is 6.43. The molecule has 3 rings (SSSR count). The molecule has 0 bridgehead atoms. The smallest absolute Gasteiger partial charge is 0.252 e. The summed E-state index contributed by atoms with van der Waals surface area (Å²) < 4.78 is 11.4. The van der Waals surface area contributed by atoms with Gasteiger partial charge in [0.1, 0.15) is 24.1 Å². The summed E-state index contributed by atoms with van der Waals surface area (Å²) in [7, 11) is 1.68. The highest BCUT2D eigenvalue weighted by atomic mass is 16.5. The highest BCUT2D eigenvalue weighted by molar-refractivity contribution is 6.03. The number of anilines is 1. The number of likely N-dealkylation sites (N-methyl/N-ethyl adjacent to an activating group) is 1. The Bertz CT molecular complexity index is 821. The Hall–Kier alpha value is -3.02. The standard InChI is InChI=1S/C21H24N2O4/c1-3-4-12-26-16-9-7-8-15(13-16)20(24)22-17-14-27-19-11-6-5-10-18(19)23(2)21(17)25/h5-11,13,17H,3-4,12,14H2,1-2H3,(H,22,24)/t17-/m1/s1. The Balaban J connectivity index is 1.69. The monoisotopic (exact) mass is 368 g/mol. The average molecular weight is 368 g/mol. The van der Waals surface area contributed by atoms with Crippen molar-refractivity contribution in [1.82, 2.24) is 5.32 Å². The normalized spacial score (nSPS) is 16.1. The summed E-state index contributed by atoms with van der Waals surface area (Å²) in [6.45, 7) is 2.78. The van der Waals surface area contributed by atoms with E-state index in [1.807, 2.05) is 24.3 Å². The number of amides is 2. The van der Waals surface area contributed by atoms with Crippen LogP contribution in [0.25, 0.3) is 0 Å². The van der Waals surface area contributed by atoms with Crippen LogP contribution >= 0.6 is 0 Å². The minimum absolute atomic E-state index is 0.0820. The highest BCUT2D eigenvalue weighted by Gasteiger charge is 2.30. The van der Waals surface area contributed by atoms with Gasteiger partial charge in [-0.1, -0.05) is 31.5 Å². The third-order valence-electron chi connectivity index (χ3n) is 4.43. The summed E-state index contributed by atoms with van der Waals surface area (Å²) in [6, 6.07) is 13.5. The van der Waals surface area contributed by atoms with Gasteiger partial charge >= 0.3 is 0 Å². The molecule has 0 saturated carbocycles. The maximum atomic E-state index is 12.7. The van der Waals surface area contributed by atoms with Gasteiger partial charge in [0.25, 0.3) is 11.8 Å². The molecule has 1 N–H and O–H groups in total. The molecule has 0 saturated heterocycles. The molecule has 0 fully saturated rings. The van der Waals surface area contributed by atoms with Crippen LogP contribution in [-0.4, -0.2) is 38.1 Å². The lowest BCUT2D eigenvalue weighted by molar-refractivity contribution is -0.120. The largest absolute Gasteiger partial charge is 0.494 e. The molecule has 1 atom stereocenters. The molecule has 0 spiro atoms. The Labute approximate surface area is 159 Å². The van der Waals surface area contributed by atoms with Gasteiger partial charge in [0, 0.05) is 12.6 Å². The molecule has 27 heavy (non-hydrogen) atoms. The second-order valence-corrected chi connectivity index (χ2v) is 6.43. The fourth-order valence-electron chi connectivity index (χ4n) is 2.86. The molecular formula is C21H24N2O4. The van der Waals surface area contributed by atoms with Crippen LogP contribution in [0, 0.1) is 0 Å². The van der Waals surface area contributed by atoms with Crippen LogP contribution < -0.4 is 19.7 Å². The van der Waals surface area contributed by atoms with Gasteiger partial charge < -0.3 is 19.7 Å². The molecule has 142 valence electrons. The van der Waals surface area contributed by atoms with Crippen molar-refractivity contribution in [2.24, 2.45) is 0 Å². The van der Waals surface area contributed by atoms with Crippen LogP contribution in [0.15, 0.2) is 48.5 Å². The van der Waals surface area contributed by atoms with Crippen molar-refractivity contribution in [2.45, 2.75) is 25.8 Å². The predicted octanol–water partition coefficient (Wildman–Crippen LogP) is 3.02. The molecule has 1 heterocycles. The Kier molecular flexibility index (Phi) is 5.96. The van der Waals surface area contributed by atoms with Crippen molar-refractivity contribution in [2.75, 3.05) is 25.2 Å². The van der Waals surface area contributed by atoms with Crippen molar-refractivity contribution in [3.63, 3.8) is 0 Å². The molecule has 0 aromatic heterocycles. The van der Waals surface area contributed by atoms with Crippen LogP contribution in [0.3, 0.4) is 0 Å². The number of hydrogen-bond acceptors (Lipinski definition) is 4. The molecule has 2 aromatic carbocycles. The van der Waals surface area contributed by atoms with E-state index in [0.29, 0.717) is 29.4 Å². The van der Waals surface area contributed by atoms with Gasteiger partial charge in [-0.05, 0) is 36.8 Å². The fourth-order valence-corrected chi connectivity index (χ4v) is 2.86. The zero-order valence-electron chi connectivity index (χ0n) is 15.6. The third-order valence-corrected chi connectivity index (χ3v) is 4.43. The number of carbonyl (C=O) groups is 2. The zero-order valence-corrected chi connectivity index (χ0v) is 15.6. The van der Waals surface area contributed by atoms with Crippen molar-refractivity contribution in [1.29, 1.82) is 0 Å². The van der Waals surface area contributed by atoms with Crippen LogP contribution in [0.4, 0.5) is 5.69 Å². The first-order valence-corrected chi connectivity index (χ1v) is 9.13. The number of para-hydroxylation sites is 2. The number of unbranched alkanes of at least 4 members (excludes halogenated alkanes) is 1. The molecular weight excluding hydrogens is 344 g/mol. The lowest BCUT2D eigenvalue weighted by atomic mass is 10.1. The Morgan fingerprint density at radius 1 is 1.26 bits per heavy atom. The first-order valence-electron chi connectivity index (χ1n) is 9.13. The maximum absolute atomic E-state index is 12.7. The first kappa shape index (κ1) is 18.8. The Morgan fingerprint density at radius 3 is 2.89 bits per heavy atom. The van der Waals surface area contributed by atoms with Crippen molar-refractivity contribution >= 4 is 17.5 Å². The predicted molar refractivity (Wildman–Crippen MR) is 103 cm³/mol. The van der Waals surface area contributed by atoms with E-state index in [1.54, 1.807) is 31.3 Å². The minimum Gasteiger partial charge on any atom is -0.494 e. The molecule has 2 amide bonds. The van der Waals surface area contributed by atoms with Crippen LogP contribution in [0.5, 0.6) is 11.5 Å². The molecule has 0 aliphatic carbocycles. The lowest BCUT2D eigenvalue weighted by Crippen LogP contribution is -2.49. The number of benzene rings is 2. The molecule has 6 nitrogen and oxygen atoms in total. The average Bonchev–Trinajstić information content (AvgIpc) is 2.81. The van der Waals surface area contributed by atoms with Crippen molar-refractivity contribution < 1.29 is 19.1 Å². The van der Waals surface area contributed by atoms with Gasteiger partial charge in [0.15, 0.2) is 0 Å². The van der Waals surface area contributed by atoms with E-state index in [4.69, 9.17) is 9.47 Å². The number of ether oxygens (including phenoxy) is 2. The highest BCUT2D eigenvalue weighted by Crippen LogP contribution is 2.29. The number of hydrogen-bond donors (Lipinski definition) is 1. The van der Waals surface area contributed by atoms with Crippen molar-refractivity contribution in [3.05, 3.63) is 54.1 Å². The van der Waals surface area contributed by atoms with E-state index >= 15 is 0 Å². The minimum atomic E-state index is -0.764. The number of nitrogens with zero attached hydrogens (tertiary/aromatic N) is 1. The summed E-state index contributed by atoms with van der Waals surface area (Å²) in [6.07, 6.45) is 2.00. The number of fused-ring (bicyclic) bond motifs is 1. The second kappa shape index (κ2) is 8.58. The van der Waals surface area contributed by atoms with Gasteiger partial charge in [-0.15, -0.1) is 0 Å². The summed E-state index contributed by atoms with van der Waals surface area (Å²) in [5, 5.41) is 2.77. The van der Waals surface area contributed by atoms with Gasteiger partial charge in [-0.25, -0.2) is 0 Å². The summed E-state index contributed by atoms with van der Waals surface area (Å²) in [5.41, 5.74) is 1.13. The number of nitrogens with one attached hydrogen (secondary N) is 1.